The third kappa shape index (κ3) is 5.48. The molecule has 0 bridgehead atoms. The van der Waals surface area contributed by atoms with Crippen molar-refractivity contribution in [2.75, 3.05) is 26.2 Å². The van der Waals surface area contributed by atoms with Gasteiger partial charge in [-0.25, -0.2) is 4.79 Å². The highest BCUT2D eigenvalue weighted by Gasteiger charge is 2.55. The van der Waals surface area contributed by atoms with Crippen LogP contribution in [0.4, 0.5) is 4.79 Å². The fourth-order valence-electron chi connectivity index (χ4n) is 4.21. The van der Waals surface area contributed by atoms with Crippen LogP contribution in [0.1, 0.15) is 60.3 Å². The van der Waals surface area contributed by atoms with Gasteiger partial charge in [0, 0.05) is 13.1 Å². The first-order chi connectivity index (χ1) is 13.6. The summed E-state index contributed by atoms with van der Waals surface area (Å²) < 4.78 is 5.11. The summed E-state index contributed by atoms with van der Waals surface area (Å²) in [6.07, 6.45) is 3.34. The Hall–Kier alpha value is -2.12. The van der Waals surface area contributed by atoms with Gasteiger partial charge in [-0.3, -0.25) is 19.3 Å². The highest BCUT2D eigenvalue weighted by Crippen LogP contribution is 2.38. The normalized spacial score (nSPS) is 24.4. The zero-order valence-corrected chi connectivity index (χ0v) is 18.3. The number of rotatable bonds is 8. The first kappa shape index (κ1) is 23.2. The molecule has 0 aromatic rings. The Morgan fingerprint density at radius 3 is 2.34 bits per heavy atom. The Morgan fingerprint density at radius 2 is 1.79 bits per heavy atom. The minimum absolute atomic E-state index is 0.0240. The molecule has 0 aromatic carbocycles. The van der Waals surface area contributed by atoms with E-state index < -0.39 is 24.1 Å². The van der Waals surface area contributed by atoms with Crippen molar-refractivity contribution >= 4 is 23.8 Å². The molecule has 1 saturated carbocycles. The van der Waals surface area contributed by atoms with Crippen molar-refractivity contribution in [3.05, 3.63) is 0 Å². The van der Waals surface area contributed by atoms with Crippen LogP contribution in [0.25, 0.3) is 0 Å². The molecule has 1 spiro atoms. The maximum atomic E-state index is 12.9. The number of imide groups is 1. The average molecular weight is 410 g/mol. The molecule has 0 radical (unpaired) electrons. The van der Waals surface area contributed by atoms with E-state index in [1.807, 2.05) is 34.6 Å². The minimum atomic E-state index is -0.906. The molecule has 2 atom stereocenters. The minimum Gasteiger partial charge on any atom is -0.454 e. The van der Waals surface area contributed by atoms with Gasteiger partial charge in [0.1, 0.15) is 12.1 Å². The zero-order valence-electron chi connectivity index (χ0n) is 18.3. The van der Waals surface area contributed by atoms with Crippen molar-refractivity contribution in [1.29, 1.82) is 0 Å². The standard InChI is InChI=1S/C21H35N3O5/c1-14(2)10-23(11-15(3)4)17(25)13-29-18(26)12-24-19(27)21(22-20(24)28)9-7-6-8-16(21)5/h14-16H,6-13H2,1-5H3,(H,22,28)/t16-,21+/m0/s1. The van der Waals surface area contributed by atoms with Gasteiger partial charge in [0.15, 0.2) is 6.61 Å². The quantitative estimate of drug-likeness (QED) is 0.490. The summed E-state index contributed by atoms with van der Waals surface area (Å²) in [5.74, 6) is -0.761. The first-order valence-corrected chi connectivity index (χ1v) is 10.6. The van der Waals surface area contributed by atoms with Crippen LogP contribution >= 0.6 is 0 Å². The fourth-order valence-corrected chi connectivity index (χ4v) is 4.21. The number of ether oxygens (including phenoxy) is 1. The number of nitrogens with one attached hydrogen (secondary N) is 1. The second-order valence-corrected chi connectivity index (χ2v) is 9.19. The third-order valence-electron chi connectivity index (χ3n) is 5.67. The SMILES string of the molecule is CC(C)CN(CC(C)C)C(=O)COC(=O)CN1C(=O)N[C@@]2(CCCC[C@@H]2C)C1=O. The largest absolute Gasteiger partial charge is 0.454 e. The van der Waals surface area contributed by atoms with Crippen LogP contribution in [0.15, 0.2) is 0 Å². The van der Waals surface area contributed by atoms with Gasteiger partial charge in [0.05, 0.1) is 0 Å². The van der Waals surface area contributed by atoms with E-state index in [9.17, 15) is 19.2 Å². The first-order valence-electron chi connectivity index (χ1n) is 10.6. The molecular formula is C21H35N3O5. The molecule has 1 saturated heterocycles. The maximum Gasteiger partial charge on any atom is 0.326 e. The van der Waals surface area contributed by atoms with E-state index in [2.05, 4.69) is 5.32 Å². The molecule has 1 aliphatic carbocycles. The number of carbonyl (C=O) groups excluding carboxylic acids is 4. The molecule has 29 heavy (non-hydrogen) atoms. The number of esters is 1. The fraction of sp³-hybridized carbons (Fsp3) is 0.810. The summed E-state index contributed by atoms with van der Waals surface area (Å²) in [6, 6.07) is -0.562. The summed E-state index contributed by atoms with van der Waals surface area (Å²) >= 11 is 0. The molecule has 1 aliphatic heterocycles. The van der Waals surface area contributed by atoms with Crippen molar-refractivity contribution in [3.63, 3.8) is 0 Å². The molecule has 1 N–H and O–H groups in total. The molecule has 2 rings (SSSR count). The lowest BCUT2D eigenvalue weighted by Gasteiger charge is -2.36. The van der Waals surface area contributed by atoms with Gasteiger partial charge in [-0.2, -0.15) is 0 Å². The Kier molecular flexibility index (Phi) is 7.66. The second-order valence-electron chi connectivity index (χ2n) is 9.19. The Labute approximate surface area is 173 Å². The highest BCUT2D eigenvalue weighted by molar-refractivity contribution is 6.09. The smallest absolute Gasteiger partial charge is 0.326 e. The van der Waals surface area contributed by atoms with Crippen molar-refractivity contribution in [2.24, 2.45) is 17.8 Å². The van der Waals surface area contributed by atoms with E-state index in [0.29, 0.717) is 31.3 Å². The molecule has 0 unspecified atom stereocenters. The molecule has 2 fully saturated rings. The lowest BCUT2D eigenvalue weighted by atomic mass is 9.73. The Morgan fingerprint density at radius 1 is 1.17 bits per heavy atom. The molecule has 4 amide bonds. The van der Waals surface area contributed by atoms with Crippen molar-refractivity contribution in [3.8, 4) is 0 Å². The van der Waals surface area contributed by atoms with E-state index in [-0.39, 0.29) is 24.3 Å². The van der Waals surface area contributed by atoms with Gasteiger partial charge < -0.3 is 15.0 Å². The Bertz CT molecular complexity index is 638. The van der Waals surface area contributed by atoms with Gasteiger partial charge in [-0.05, 0) is 30.6 Å². The van der Waals surface area contributed by atoms with E-state index in [1.165, 1.54) is 0 Å². The van der Waals surface area contributed by atoms with Gasteiger partial charge in [0.25, 0.3) is 11.8 Å². The summed E-state index contributed by atoms with van der Waals surface area (Å²) in [7, 11) is 0. The topological polar surface area (TPSA) is 96.0 Å². The monoisotopic (exact) mass is 409 g/mol. The summed E-state index contributed by atoms with van der Waals surface area (Å²) in [6.45, 7) is 10.3. The van der Waals surface area contributed by atoms with Crippen molar-refractivity contribution in [1.82, 2.24) is 15.1 Å². The predicted molar refractivity (Wildman–Crippen MR) is 108 cm³/mol. The molecule has 8 nitrogen and oxygen atoms in total. The van der Waals surface area contributed by atoms with Crippen LogP contribution in [-0.2, 0) is 19.1 Å². The molecule has 1 heterocycles. The molecule has 0 aromatic heterocycles. The van der Waals surface area contributed by atoms with E-state index in [4.69, 9.17) is 4.74 Å². The lowest BCUT2D eigenvalue weighted by molar-refractivity contribution is -0.154. The van der Waals surface area contributed by atoms with Crippen LogP contribution in [-0.4, -0.2) is 65.4 Å². The second kappa shape index (κ2) is 9.59. The number of carbonyl (C=O) groups is 4. The van der Waals surface area contributed by atoms with Crippen LogP contribution in [0.5, 0.6) is 0 Å². The van der Waals surface area contributed by atoms with Gasteiger partial charge in [0.2, 0.25) is 0 Å². The Balaban J connectivity index is 1.92. The van der Waals surface area contributed by atoms with E-state index >= 15 is 0 Å². The third-order valence-corrected chi connectivity index (χ3v) is 5.67. The summed E-state index contributed by atoms with van der Waals surface area (Å²) in [4.78, 5) is 52.5. The van der Waals surface area contributed by atoms with Crippen molar-refractivity contribution < 1.29 is 23.9 Å². The number of hydrogen-bond acceptors (Lipinski definition) is 5. The number of urea groups is 1. The van der Waals surface area contributed by atoms with Gasteiger partial charge in [-0.1, -0.05) is 47.5 Å². The number of hydrogen-bond donors (Lipinski definition) is 1. The lowest BCUT2D eigenvalue weighted by Crippen LogP contribution is -2.54. The van der Waals surface area contributed by atoms with E-state index in [0.717, 1.165) is 24.2 Å². The molecule has 2 aliphatic rings. The summed E-state index contributed by atoms with van der Waals surface area (Å²) in [5, 5.41) is 2.80. The molecular weight excluding hydrogens is 374 g/mol. The summed E-state index contributed by atoms with van der Waals surface area (Å²) in [5.41, 5.74) is -0.906. The average Bonchev–Trinajstić information content (AvgIpc) is 2.86. The number of amides is 4. The van der Waals surface area contributed by atoms with Gasteiger partial charge in [-0.15, -0.1) is 0 Å². The zero-order chi connectivity index (χ0) is 21.8. The molecule has 164 valence electrons. The predicted octanol–water partition coefficient (Wildman–Crippen LogP) is 2.17. The van der Waals surface area contributed by atoms with Crippen LogP contribution in [0.3, 0.4) is 0 Å². The van der Waals surface area contributed by atoms with Gasteiger partial charge >= 0.3 is 12.0 Å². The molecule has 8 heteroatoms. The van der Waals surface area contributed by atoms with E-state index in [1.54, 1.807) is 4.90 Å². The maximum absolute atomic E-state index is 12.9. The highest BCUT2D eigenvalue weighted by atomic mass is 16.5. The van der Waals surface area contributed by atoms with Crippen molar-refractivity contribution in [2.45, 2.75) is 65.8 Å². The van der Waals surface area contributed by atoms with Crippen LogP contribution < -0.4 is 5.32 Å². The van der Waals surface area contributed by atoms with Crippen LogP contribution in [0.2, 0.25) is 0 Å². The number of nitrogens with zero attached hydrogens (tertiary/aromatic N) is 2. The van der Waals surface area contributed by atoms with Crippen LogP contribution in [0, 0.1) is 17.8 Å².